The third kappa shape index (κ3) is 12.3. The van der Waals surface area contributed by atoms with E-state index in [9.17, 15) is 0 Å². The highest BCUT2D eigenvalue weighted by Gasteiger charge is 2.31. The topological polar surface area (TPSA) is 38.8 Å². The van der Waals surface area contributed by atoms with Crippen LogP contribution in [0.1, 0.15) is 94.0 Å². The number of nitrogens with zero attached hydrogens (tertiary/aromatic N) is 3. The van der Waals surface area contributed by atoms with Gasteiger partial charge >= 0.3 is 0 Å². The summed E-state index contributed by atoms with van der Waals surface area (Å²) in [6, 6.07) is 19.8. The van der Waals surface area contributed by atoms with Crippen LogP contribution in [0.3, 0.4) is 0 Å². The van der Waals surface area contributed by atoms with Crippen LogP contribution in [0.2, 0.25) is 0 Å². The van der Waals surface area contributed by atoms with Gasteiger partial charge in [0, 0.05) is 44.8 Å². The van der Waals surface area contributed by atoms with Gasteiger partial charge < -0.3 is 15.0 Å². The van der Waals surface area contributed by atoms with Crippen molar-refractivity contribution in [2.75, 3.05) is 58.9 Å². The fraction of sp³-hybridized carbons (Fsp3) is 0.614. The largest absolute Gasteiger partial charge is 0.312 e. The van der Waals surface area contributed by atoms with Crippen LogP contribution >= 0.6 is 0 Å². The number of piperazine rings is 1. The predicted octanol–water partition coefficient (Wildman–Crippen LogP) is 8.29. The summed E-state index contributed by atoms with van der Waals surface area (Å²) in [6.45, 7) is 21.4. The minimum absolute atomic E-state index is 0.495. The zero-order valence-electron chi connectivity index (χ0n) is 31.5. The third-order valence-electron chi connectivity index (χ3n) is 11.7. The lowest BCUT2D eigenvalue weighted by molar-refractivity contribution is -0.0980. The molecule has 5 rings (SSSR count). The highest BCUT2D eigenvalue weighted by Crippen LogP contribution is 2.40. The summed E-state index contributed by atoms with van der Waals surface area (Å²) in [5, 5.41) is 4.06. The molecule has 0 radical (unpaired) electrons. The Labute approximate surface area is 300 Å². The summed E-state index contributed by atoms with van der Waals surface area (Å²) in [7, 11) is 0. The number of hydrogen-bond donors (Lipinski definition) is 1. The molecule has 0 amide bonds. The number of carbonyl (C=O) groups is 1. The van der Waals surface area contributed by atoms with Crippen molar-refractivity contribution in [2.24, 2.45) is 17.8 Å². The van der Waals surface area contributed by atoms with Crippen LogP contribution in [-0.4, -0.2) is 86.4 Å². The van der Waals surface area contributed by atoms with Crippen molar-refractivity contribution in [3.63, 3.8) is 0 Å². The van der Waals surface area contributed by atoms with E-state index >= 15 is 0 Å². The number of allylic oxidation sites excluding steroid dienone is 4. The van der Waals surface area contributed by atoms with Crippen LogP contribution < -0.4 is 5.32 Å². The molecule has 4 unspecified atom stereocenters. The Morgan fingerprint density at radius 2 is 1.55 bits per heavy atom. The Morgan fingerprint density at radius 3 is 2.24 bits per heavy atom. The molecule has 49 heavy (non-hydrogen) atoms. The third-order valence-corrected chi connectivity index (χ3v) is 11.7. The fourth-order valence-corrected chi connectivity index (χ4v) is 8.61. The highest BCUT2D eigenvalue weighted by atomic mass is 16.1. The maximum atomic E-state index is 8.00. The number of nitrogens with one attached hydrogen (secondary N) is 1. The Hall–Kier alpha value is -2.57. The number of fused-ring (bicyclic) bond motifs is 1. The number of benzene rings is 2. The van der Waals surface area contributed by atoms with Gasteiger partial charge in [-0.3, -0.25) is 9.80 Å². The molecule has 5 nitrogen and oxygen atoms in total. The van der Waals surface area contributed by atoms with Gasteiger partial charge in [-0.2, -0.15) is 0 Å². The van der Waals surface area contributed by atoms with Gasteiger partial charge in [0.05, 0.1) is 0 Å². The average Bonchev–Trinajstić information content (AvgIpc) is 3.15. The first-order valence-corrected chi connectivity index (χ1v) is 19.8. The van der Waals surface area contributed by atoms with Gasteiger partial charge in [0.2, 0.25) is 0 Å². The van der Waals surface area contributed by atoms with E-state index in [1.807, 2.05) is 6.79 Å². The lowest BCUT2D eigenvalue weighted by Crippen LogP contribution is -2.52. The van der Waals surface area contributed by atoms with Crippen LogP contribution in [0, 0.1) is 24.7 Å². The van der Waals surface area contributed by atoms with Gasteiger partial charge in [-0.15, -0.1) is 0 Å². The van der Waals surface area contributed by atoms with Crippen LogP contribution in [0.15, 0.2) is 72.8 Å². The number of carbonyl (C=O) groups excluding carboxylic acids is 1. The normalized spacial score (nSPS) is 22.3. The first-order valence-electron chi connectivity index (χ1n) is 19.8. The van der Waals surface area contributed by atoms with Crippen LogP contribution in [-0.2, 0) is 17.6 Å². The molecule has 0 bridgehead atoms. The lowest BCUT2D eigenvalue weighted by Gasteiger charge is -2.41. The van der Waals surface area contributed by atoms with Gasteiger partial charge in [0.25, 0.3) is 0 Å². The van der Waals surface area contributed by atoms with Crippen LogP contribution in [0.4, 0.5) is 0 Å². The number of aryl methyl sites for hydroxylation is 2. The van der Waals surface area contributed by atoms with E-state index in [0.717, 1.165) is 83.0 Å². The van der Waals surface area contributed by atoms with Crippen molar-refractivity contribution < 1.29 is 4.79 Å². The van der Waals surface area contributed by atoms with E-state index in [-0.39, 0.29) is 0 Å². The molecule has 3 aliphatic rings. The zero-order valence-corrected chi connectivity index (χ0v) is 31.5. The number of hydrogen-bond acceptors (Lipinski definition) is 5. The van der Waals surface area contributed by atoms with E-state index in [1.165, 1.54) is 73.7 Å². The molecule has 0 aromatic heterocycles. The summed E-state index contributed by atoms with van der Waals surface area (Å²) in [5.41, 5.74) is 5.75. The van der Waals surface area contributed by atoms with Crippen LogP contribution in [0.5, 0.6) is 0 Å². The Balaban J connectivity index is 0.00000265. The monoisotopic (exact) mass is 669 g/mol. The van der Waals surface area contributed by atoms with Crippen LogP contribution in [0.25, 0.3) is 0 Å². The molecule has 2 fully saturated rings. The van der Waals surface area contributed by atoms with Crippen molar-refractivity contribution in [2.45, 2.75) is 97.6 Å². The van der Waals surface area contributed by atoms with E-state index < -0.39 is 0 Å². The smallest absolute Gasteiger partial charge is 0.106 e. The maximum Gasteiger partial charge on any atom is 0.106 e. The molecule has 2 aromatic carbocycles. The Morgan fingerprint density at radius 1 is 0.857 bits per heavy atom. The standard InChI is InChI=1S/C43H66N4.CH2O/c1-5-36-20-22-37(23-21-36)33-41(44-27-11-10-14-39-16-12-15-38-13-8-9-17-42(38)39)34-46-29-31-47(32-30-46)43(26-28-45(6-2)7-3)40-24-18-35(4)19-25-40;1-2/h8-9,13,17-25,38-39,41-44H,5-7,10-12,14-16,26-34H2,1-4H3;1H2/t38?,39?,41-,42?,43?;/m1./s1. The molecule has 5 heteroatoms. The van der Waals surface area contributed by atoms with Gasteiger partial charge in [-0.05, 0) is 112 Å². The molecule has 2 aliphatic carbocycles. The molecule has 1 aliphatic heterocycles. The molecular weight excluding hydrogens is 601 g/mol. The van der Waals surface area contributed by atoms with E-state index in [2.05, 4.69) is 121 Å². The van der Waals surface area contributed by atoms with Crippen molar-refractivity contribution in [3.05, 3.63) is 95.1 Å². The van der Waals surface area contributed by atoms with Gasteiger partial charge in [0.1, 0.15) is 6.79 Å². The van der Waals surface area contributed by atoms with Gasteiger partial charge in [-0.25, -0.2) is 0 Å². The van der Waals surface area contributed by atoms with E-state index in [4.69, 9.17) is 4.79 Å². The predicted molar refractivity (Wildman–Crippen MR) is 209 cm³/mol. The molecular formula is C44H68N4O. The average molecular weight is 669 g/mol. The SMILES string of the molecule is C=O.CCc1ccc(C[C@H](CN2CCN(C(CCN(CC)CC)c3ccc(C)cc3)CC2)NCCCCC2CCCC3C=CC=CC32)cc1. The molecule has 1 heterocycles. The second kappa shape index (κ2) is 21.6. The first kappa shape index (κ1) is 39.2. The van der Waals surface area contributed by atoms with E-state index in [0.29, 0.717) is 12.1 Å². The maximum absolute atomic E-state index is 8.00. The van der Waals surface area contributed by atoms with Crippen molar-refractivity contribution in [3.8, 4) is 0 Å². The highest BCUT2D eigenvalue weighted by molar-refractivity contribution is 5.25. The lowest BCUT2D eigenvalue weighted by atomic mass is 9.69. The molecule has 1 saturated heterocycles. The molecule has 270 valence electrons. The van der Waals surface area contributed by atoms with Gasteiger partial charge in [-0.1, -0.05) is 112 Å². The number of unbranched alkanes of at least 4 members (excludes halogenated alkanes) is 1. The summed E-state index contributed by atoms with van der Waals surface area (Å²) in [4.78, 5) is 16.1. The van der Waals surface area contributed by atoms with Crippen molar-refractivity contribution in [1.82, 2.24) is 20.0 Å². The second-order valence-corrected chi connectivity index (χ2v) is 14.8. The quantitative estimate of drug-likeness (QED) is 0.162. The van der Waals surface area contributed by atoms with E-state index in [1.54, 1.807) is 0 Å². The minimum Gasteiger partial charge on any atom is -0.312 e. The Bertz CT molecular complexity index is 1230. The molecule has 2 aromatic rings. The fourth-order valence-electron chi connectivity index (χ4n) is 8.61. The summed E-state index contributed by atoms with van der Waals surface area (Å²) < 4.78 is 0. The van der Waals surface area contributed by atoms with Crippen molar-refractivity contribution in [1.29, 1.82) is 0 Å². The van der Waals surface area contributed by atoms with Gasteiger partial charge in [0.15, 0.2) is 0 Å². The molecule has 1 saturated carbocycles. The molecule has 1 N–H and O–H groups in total. The summed E-state index contributed by atoms with van der Waals surface area (Å²) in [6.07, 6.45) is 21.3. The minimum atomic E-state index is 0.495. The summed E-state index contributed by atoms with van der Waals surface area (Å²) in [5.74, 6) is 2.48. The van der Waals surface area contributed by atoms with Crippen molar-refractivity contribution >= 4 is 6.79 Å². The first-order chi connectivity index (χ1) is 24.1. The molecule has 0 spiro atoms. The summed E-state index contributed by atoms with van der Waals surface area (Å²) >= 11 is 0. The zero-order chi connectivity index (χ0) is 34.8. The number of rotatable bonds is 18. The Kier molecular flexibility index (Phi) is 17.3. The molecule has 5 atom stereocenters. The second-order valence-electron chi connectivity index (χ2n) is 14.8.